The fraction of sp³-hybridized carbons (Fsp3) is 0.455. The molecule has 0 amide bonds. The van der Waals surface area contributed by atoms with E-state index in [1.165, 1.54) is 5.56 Å². The van der Waals surface area contributed by atoms with Crippen molar-refractivity contribution < 1.29 is 0 Å². The third kappa shape index (κ3) is 2.35. The molecule has 1 heterocycles. The number of nitrogens with two attached hydrogens (primary N) is 1. The van der Waals surface area contributed by atoms with E-state index in [4.69, 9.17) is 5.73 Å². The molecule has 3 N–H and O–H groups in total. The molecule has 0 radical (unpaired) electrons. The van der Waals surface area contributed by atoms with Gasteiger partial charge in [-0.05, 0) is 37.1 Å². The average molecular weight is 255 g/mol. The van der Waals surface area contributed by atoms with Gasteiger partial charge in [-0.3, -0.25) is 0 Å². The summed E-state index contributed by atoms with van der Waals surface area (Å²) < 4.78 is 1.13. The molecule has 1 aromatic carbocycles. The van der Waals surface area contributed by atoms with Crippen LogP contribution in [0.4, 0.5) is 0 Å². The van der Waals surface area contributed by atoms with E-state index in [2.05, 4.69) is 45.5 Å². The van der Waals surface area contributed by atoms with Crippen LogP contribution in [0.5, 0.6) is 0 Å². The lowest BCUT2D eigenvalue weighted by molar-refractivity contribution is 0.369. The van der Waals surface area contributed by atoms with Gasteiger partial charge in [-0.15, -0.1) is 0 Å². The Morgan fingerprint density at radius 2 is 2.00 bits per heavy atom. The fourth-order valence-corrected chi connectivity index (χ4v) is 2.16. The summed E-state index contributed by atoms with van der Waals surface area (Å²) in [5.41, 5.74) is 7.28. The quantitative estimate of drug-likeness (QED) is 0.807. The number of benzene rings is 1. The van der Waals surface area contributed by atoms with Crippen LogP contribution in [-0.4, -0.2) is 12.6 Å². The van der Waals surface area contributed by atoms with Crippen LogP contribution >= 0.6 is 15.9 Å². The standard InChI is InChI=1S/C11H15BrN2/c12-9-3-1-8(2-4-9)11-7-10(13)5-6-14-11/h1-4,10-11,14H,5-7,13H2. The van der Waals surface area contributed by atoms with E-state index in [0.717, 1.165) is 23.9 Å². The van der Waals surface area contributed by atoms with Crippen molar-refractivity contribution in [2.45, 2.75) is 24.9 Å². The van der Waals surface area contributed by atoms with Crippen molar-refractivity contribution >= 4 is 15.9 Å². The molecule has 0 aliphatic carbocycles. The molecule has 0 aromatic heterocycles. The van der Waals surface area contributed by atoms with Crippen LogP contribution in [0.15, 0.2) is 28.7 Å². The molecule has 1 aliphatic heterocycles. The molecule has 0 saturated carbocycles. The van der Waals surface area contributed by atoms with Gasteiger partial charge >= 0.3 is 0 Å². The molecule has 1 saturated heterocycles. The largest absolute Gasteiger partial charge is 0.328 e. The number of hydrogen-bond acceptors (Lipinski definition) is 2. The normalized spacial score (nSPS) is 27.6. The summed E-state index contributed by atoms with van der Waals surface area (Å²) >= 11 is 3.44. The van der Waals surface area contributed by atoms with Gasteiger partial charge in [0.15, 0.2) is 0 Å². The molecule has 0 bridgehead atoms. The van der Waals surface area contributed by atoms with Crippen molar-refractivity contribution in [3.05, 3.63) is 34.3 Å². The first-order valence-electron chi connectivity index (χ1n) is 5.00. The molecular formula is C11H15BrN2. The highest BCUT2D eigenvalue weighted by Crippen LogP contribution is 2.23. The summed E-state index contributed by atoms with van der Waals surface area (Å²) in [5, 5.41) is 3.49. The monoisotopic (exact) mass is 254 g/mol. The van der Waals surface area contributed by atoms with E-state index in [-0.39, 0.29) is 0 Å². The topological polar surface area (TPSA) is 38.0 Å². The Labute approximate surface area is 93.0 Å². The zero-order valence-electron chi connectivity index (χ0n) is 8.04. The Bertz CT molecular complexity index is 297. The second-order valence-electron chi connectivity index (χ2n) is 3.84. The maximum Gasteiger partial charge on any atom is 0.0335 e. The average Bonchev–Trinajstić information content (AvgIpc) is 2.19. The third-order valence-electron chi connectivity index (χ3n) is 2.72. The van der Waals surface area contributed by atoms with Gasteiger partial charge in [0.05, 0.1) is 0 Å². The van der Waals surface area contributed by atoms with Crippen LogP contribution in [0.3, 0.4) is 0 Å². The molecule has 0 spiro atoms. The highest BCUT2D eigenvalue weighted by Gasteiger charge is 2.19. The first-order valence-corrected chi connectivity index (χ1v) is 5.79. The highest BCUT2D eigenvalue weighted by molar-refractivity contribution is 9.10. The van der Waals surface area contributed by atoms with Crippen LogP contribution in [0.2, 0.25) is 0 Å². The maximum absolute atomic E-state index is 5.94. The molecule has 2 atom stereocenters. The molecule has 14 heavy (non-hydrogen) atoms. The molecule has 1 aliphatic rings. The number of piperidine rings is 1. The smallest absolute Gasteiger partial charge is 0.0335 e. The molecular weight excluding hydrogens is 240 g/mol. The van der Waals surface area contributed by atoms with Crippen LogP contribution in [-0.2, 0) is 0 Å². The first-order chi connectivity index (χ1) is 6.75. The van der Waals surface area contributed by atoms with E-state index in [1.54, 1.807) is 0 Å². The predicted molar refractivity (Wildman–Crippen MR) is 62.1 cm³/mol. The summed E-state index contributed by atoms with van der Waals surface area (Å²) in [6, 6.07) is 9.25. The summed E-state index contributed by atoms with van der Waals surface area (Å²) in [5.74, 6) is 0. The minimum atomic E-state index is 0.352. The van der Waals surface area contributed by atoms with Crippen LogP contribution in [0, 0.1) is 0 Å². The maximum atomic E-state index is 5.94. The lowest BCUT2D eigenvalue weighted by Crippen LogP contribution is -2.38. The Hall–Kier alpha value is -0.380. The van der Waals surface area contributed by atoms with Crippen molar-refractivity contribution in [3.63, 3.8) is 0 Å². The molecule has 2 nitrogen and oxygen atoms in total. The van der Waals surface area contributed by atoms with E-state index in [0.29, 0.717) is 12.1 Å². The highest BCUT2D eigenvalue weighted by atomic mass is 79.9. The summed E-state index contributed by atoms with van der Waals surface area (Å²) in [7, 11) is 0. The van der Waals surface area contributed by atoms with Crippen molar-refractivity contribution in [3.8, 4) is 0 Å². The fourth-order valence-electron chi connectivity index (χ4n) is 1.90. The summed E-state index contributed by atoms with van der Waals surface area (Å²) in [6.45, 7) is 1.03. The zero-order chi connectivity index (χ0) is 9.97. The van der Waals surface area contributed by atoms with Crippen LogP contribution in [0.25, 0.3) is 0 Å². The van der Waals surface area contributed by atoms with Crippen molar-refractivity contribution in [1.29, 1.82) is 0 Å². The van der Waals surface area contributed by atoms with Crippen LogP contribution < -0.4 is 11.1 Å². The SMILES string of the molecule is NC1CCNC(c2ccc(Br)cc2)C1. The van der Waals surface area contributed by atoms with Crippen molar-refractivity contribution in [1.82, 2.24) is 5.32 Å². The van der Waals surface area contributed by atoms with E-state index < -0.39 is 0 Å². The van der Waals surface area contributed by atoms with E-state index >= 15 is 0 Å². The third-order valence-corrected chi connectivity index (χ3v) is 3.25. The number of hydrogen-bond donors (Lipinski definition) is 2. The Balaban J connectivity index is 2.10. The van der Waals surface area contributed by atoms with E-state index in [1.807, 2.05) is 0 Å². The second kappa shape index (κ2) is 4.43. The number of rotatable bonds is 1. The van der Waals surface area contributed by atoms with Gasteiger partial charge < -0.3 is 11.1 Å². The molecule has 1 fully saturated rings. The van der Waals surface area contributed by atoms with Gasteiger partial charge in [0.2, 0.25) is 0 Å². The first kappa shape index (κ1) is 10.1. The van der Waals surface area contributed by atoms with Gasteiger partial charge in [0.25, 0.3) is 0 Å². The Kier molecular flexibility index (Phi) is 3.21. The Morgan fingerprint density at radius 3 is 2.64 bits per heavy atom. The van der Waals surface area contributed by atoms with Gasteiger partial charge in [0.1, 0.15) is 0 Å². The van der Waals surface area contributed by atoms with Crippen LogP contribution in [0.1, 0.15) is 24.4 Å². The molecule has 2 unspecified atom stereocenters. The lowest BCUT2D eigenvalue weighted by atomic mass is 9.94. The van der Waals surface area contributed by atoms with E-state index in [9.17, 15) is 0 Å². The molecule has 76 valence electrons. The van der Waals surface area contributed by atoms with Gasteiger partial charge in [-0.25, -0.2) is 0 Å². The Morgan fingerprint density at radius 1 is 1.29 bits per heavy atom. The lowest BCUT2D eigenvalue weighted by Gasteiger charge is -2.28. The zero-order valence-corrected chi connectivity index (χ0v) is 9.63. The van der Waals surface area contributed by atoms with Crippen molar-refractivity contribution in [2.75, 3.05) is 6.54 Å². The molecule has 2 rings (SSSR count). The van der Waals surface area contributed by atoms with Gasteiger partial charge in [-0.2, -0.15) is 0 Å². The summed E-state index contributed by atoms with van der Waals surface area (Å²) in [6.07, 6.45) is 2.13. The molecule has 1 aromatic rings. The number of halogens is 1. The van der Waals surface area contributed by atoms with Crippen molar-refractivity contribution in [2.24, 2.45) is 5.73 Å². The minimum Gasteiger partial charge on any atom is -0.328 e. The van der Waals surface area contributed by atoms with Gasteiger partial charge in [-0.1, -0.05) is 28.1 Å². The minimum absolute atomic E-state index is 0.352. The second-order valence-corrected chi connectivity index (χ2v) is 4.76. The predicted octanol–water partition coefficient (Wildman–Crippen LogP) is 2.20. The summed E-state index contributed by atoms with van der Waals surface area (Å²) in [4.78, 5) is 0. The number of nitrogens with one attached hydrogen (secondary N) is 1. The van der Waals surface area contributed by atoms with Gasteiger partial charge in [0, 0.05) is 16.6 Å². The molecule has 3 heteroatoms.